The third-order valence-corrected chi connectivity index (χ3v) is 4.40. The largest absolute Gasteiger partial charge is 0.493 e. The summed E-state index contributed by atoms with van der Waals surface area (Å²) in [6.07, 6.45) is 2.51. The molecule has 0 spiro atoms. The second-order valence-electron chi connectivity index (χ2n) is 6.34. The van der Waals surface area contributed by atoms with E-state index in [4.69, 9.17) is 21.7 Å². The Morgan fingerprint density at radius 1 is 0.963 bits per heavy atom. The topological polar surface area (TPSA) is 59.6 Å². The molecule has 0 aliphatic carbocycles. The molecule has 2 aromatic carbocycles. The molecule has 1 fully saturated rings. The Hall–Kier alpha value is -2.86. The van der Waals surface area contributed by atoms with Crippen LogP contribution in [0.15, 0.2) is 48.2 Å². The van der Waals surface area contributed by atoms with E-state index in [0.717, 1.165) is 23.5 Å². The molecule has 1 heterocycles. The van der Waals surface area contributed by atoms with Gasteiger partial charge in [-0.2, -0.15) is 0 Å². The maximum Gasteiger partial charge on any atom is 0.273 e. The lowest BCUT2D eigenvalue weighted by atomic mass is 10.1. The molecule has 0 saturated carbocycles. The van der Waals surface area contributed by atoms with E-state index in [0.29, 0.717) is 24.0 Å². The predicted octanol–water partition coefficient (Wildman–Crippen LogP) is 3.50. The van der Waals surface area contributed by atoms with Crippen LogP contribution in [0.3, 0.4) is 0 Å². The van der Waals surface area contributed by atoms with Gasteiger partial charge >= 0.3 is 0 Å². The van der Waals surface area contributed by atoms with Crippen LogP contribution in [0.1, 0.15) is 23.1 Å². The fourth-order valence-corrected chi connectivity index (χ4v) is 2.79. The first-order valence-electron chi connectivity index (χ1n) is 8.78. The van der Waals surface area contributed by atoms with Gasteiger partial charge in [-0.15, -0.1) is 0 Å². The highest BCUT2D eigenvalue weighted by Crippen LogP contribution is 2.18. The molecule has 140 valence electrons. The summed E-state index contributed by atoms with van der Waals surface area (Å²) in [7, 11) is 0. The van der Waals surface area contributed by atoms with Gasteiger partial charge in [0, 0.05) is 6.42 Å². The van der Waals surface area contributed by atoms with Crippen molar-refractivity contribution in [2.24, 2.45) is 0 Å². The molecule has 1 aliphatic rings. The smallest absolute Gasteiger partial charge is 0.273 e. The van der Waals surface area contributed by atoms with E-state index in [2.05, 4.69) is 30.5 Å². The number of thiocarbonyl (C=S) groups is 1. The molecule has 27 heavy (non-hydrogen) atoms. The Balaban J connectivity index is 1.47. The second-order valence-corrected chi connectivity index (χ2v) is 6.74. The number of hydrogen-bond donors (Lipinski definition) is 2. The maximum atomic E-state index is 11.7. The summed E-state index contributed by atoms with van der Waals surface area (Å²) in [5.41, 5.74) is 3.77. The number of nitrogens with one attached hydrogen (secondary N) is 2. The van der Waals surface area contributed by atoms with E-state index in [1.54, 1.807) is 6.08 Å². The van der Waals surface area contributed by atoms with Crippen LogP contribution in [0.5, 0.6) is 11.5 Å². The SMILES string of the molecule is Cc1ccc(OCCCOc2cccc(/C=C3\NC(=S)NC3=O)c2)cc1C. The zero-order valence-corrected chi connectivity index (χ0v) is 16.2. The zero-order valence-electron chi connectivity index (χ0n) is 15.4. The first-order valence-corrected chi connectivity index (χ1v) is 9.19. The Morgan fingerprint density at radius 3 is 2.37 bits per heavy atom. The van der Waals surface area contributed by atoms with Gasteiger partial charge in [-0.25, -0.2) is 0 Å². The van der Waals surface area contributed by atoms with Crippen LogP contribution in [0.4, 0.5) is 0 Å². The van der Waals surface area contributed by atoms with Gasteiger partial charge in [-0.05, 0) is 73.1 Å². The highest BCUT2D eigenvalue weighted by atomic mass is 32.1. The van der Waals surface area contributed by atoms with Crippen LogP contribution in [0, 0.1) is 13.8 Å². The molecule has 2 aromatic rings. The molecule has 3 rings (SSSR count). The third kappa shape index (κ3) is 5.31. The molecule has 1 amide bonds. The number of benzene rings is 2. The van der Waals surface area contributed by atoms with E-state index in [1.165, 1.54) is 11.1 Å². The lowest BCUT2D eigenvalue weighted by Gasteiger charge is -2.10. The molecule has 0 atom stereocenters. The van der Waals surface area contributed by atoms with Crippen molar-refractivity contribution >= 4 is 29.3 Å². The molecule has 1 aliphatic heterocycles. The van der Waals surface area contributed by atoms with Crippen molar-refractivity contribution in [1.29, 1.82) is 0 Å². The van der Waals surface area contributed by atoms with Gasteiger partial charge in [-0.3, -0.25) is 10.1 Å². The highest BCUT2D eigenvalue weighted by molar-refractivity contribution is 7.80. The fraction of sp³-hybridized carbons (Fsp3) is 0.238. The Morgan fingerprint density at radius 2 is 1.70 bits per heavy atom. The monoisotopic (exact) mass is 382 g/mol. The second kappa shape index (κ2) is 8.68. The summed E-state index contributed by atoms with van der Waals surface area (Å²) in [4.78, 5) is 11.7. The minimum Gasteiger partial charge on any atom is -0.493 e. The number of rotatable bonds is 7. The third-order valence-electron chi connectivity index (χ3n) is 4.19. The summed E-state index contributed by atoms with van der Waals surface area (Å²) >= 11 is 4.93. The molecular weight excluding hydrogens is 360 g/mol. The number of carbonyl (C=O) groups excluding carboxylic acids is 1. The minimum absolute atomic E-state index is 0.227. The van der Waals surface area contributed by atoms with Crippen LogP contribution < -0.4 is 20.1 Å². The van der Waals surface area contributed by atoms with E-state index >= 15 is 0 Å². The van der Waals surface area contributed by atoms with Crippen molar-refractivity contribution in [3.05, 3.63) is 64.9 Å². The Bertz CT molecular complexity index is 893. The summed E-state index contributed by atoms with van der Waals surface area (Å²) in [6.45, 7) is 5.30. The molecule has 2 N–H and O–H groups in total. The predicted molar refractivity (Wildman–Crippen MR) is 110 cm³/mol. The number of hydrogen-bond acceptors (Lipinski definition) is 4. The van der Waals surface area contributed by atoms with Crippen LogP contribution in [0.2, 0.25) is 0 Å². The Labute approximate surface area is 164 Å². The minimum atomic E-state index is -0.227. The van der Waals surface area contributed by atoms with E-state index in [9.17, 15) is 4.79 Å². The molecule has 6 heteroatoms. The summed E-state index contributed by atoms with van der Waals surface area (Å²) < 4.78 is 11.5. The molecule has 5 nitrogen and oxygen atoms in total. The summed E-state index contributed by atoms with van der Waals surface area (Å²) in [5, 5.41) is 5.69. The number of aryl methyl sites for hydroxylation is 2. The van der Waals surface area contributed by atoms with E-state index in [1.807, 2.05) is 36.4 Å². The fourth-order valence-electron chi connectivity index (χ4n) is 2.59. The molecule has 1 saturated heterocycles. The number of amides is 1. The number of ether oxygens (including phenoxy) is 2. The van der Waals surface area contributed by atoms with Crippen LogP contribution >= 0.6 is 12.2 Å². The van der Waals surface area contributed by atoms with Crippen LogP contribution in [0.25, 0.3) is 6.08 Å². The van der Waals surface area contributed by atoms with Crippen LogP contribution in [-0.2, 0) is 4.79 Å². The average molecular weight is 382 g/mol. The molecule has 0 bridgehead atoms. The van der Waals surface area contributed by atoms with Gasteiger partial charge in [0.2, 0.25) is 0 Å². The first-order chi connectivity index (χ1) is 13.0. The van der Waals surface area contributed by atoms with Gasteiger partial charge < -0.3 is 14.8 Å². The molecule has 0 aromatic heterocycles. The van der Waals surface area contributed by atoms with Gasteiger partial charge in [-0.1, -0.05) is 18.2 Å². The zero-order chi connectivity index (χ0) is 19.2. The maximum absolute atomic E-state index is 11.7. The summed E-state index contributed by atoms with van der Waals surface area (Å²) in [5.74, 6) is 1.40. The average Bonchev–Trinajstić information content (AvgIpc) is 2.95. The quantitative estimate of drug-likeness (QED) is 0.436. The van der Waals surface area contributed by atoms with Crippen molar-refractivity contribution in [2.45, 2.75) is 20.3 Å². The van der Waals surface area contributed by atoms with Crippen molar-refractivity contribution in [3.63, 3.8) is 0 Å². The lowest BCUT2D eigenvalue weighted by Crippen LogP contribution is -2.21. The van der Waals surface area contributed by atoms with Crippen LogP contribution in [-0.4, -0.2) is 24.2 Å². The van der Waals surface area contributed by atoms with Crippen molar-refractivity contribution in [3.8, 4) is 11.5 Å². The first kappa shape index (κ1) is 18.9. The standard InChI is InChI=1S/C21H22N2O3S/c1-14-7-8-18(11-15(14)2)26-10-4-9-25-17-6-3-5-16(12-17)13-19-20(24)23-21(27)22-19/h3,5-8,11-13H,4,9-10H2,1-2H3,(H2,22,23,24,27)/b19-13-. The Kier molecular flexibility index (Phi) is 6.08. The van der Waals surface area contributed by atoms with Crippen molar-refractivity contribution < 1.29 is 14.3 Å². The molecular formula is C21H22N2O3S. The van der Waals surface area contributed by atoms with Gasteiger partial charge in [0.15, 0.2) is 5.11 Å². The van der Waals surface area contributed by atoms with Gasteiger partial charge in [0.1, 0.15) is 17.2 Å². The van der Waals surface area contributed by atoms with Crippen molar-refractivity contribution in [2.75, 3.05) is 13.2 Å². The van der Waals surface area contributed by atoms with Crippen molar-refractivity contribution in [1.82, 2.24) is 10.6 Å². The van der Waals surface area contributed by atoms with E-state index < -0.39 is 0 Å². The summed E-state index contributed by atoms with van der Waals surface area (Å²) in [6, 6.07) is 13.7. The molecule has 0 unspecified atom stereocenters. The van der Waals surface area contributed by atoms with E-state index in [-0.39, 0.29) is 5.91 Å². The number of carbonyl (C=O) groups is 1. The normalized spacial score (nSPS) is 14.8. The van der Waals surface area contributed by atoms with Gasteiger partial charge in [0.25, 0.3) is 5.91 Å². The van der Waals surface area contributed by atoms with Gasteiger partial charge in [0.05, 0.1) is 13.2 Å². The highest BCUT2D eigenvalue weighted by Gasteiger charge is 2.19. The lowest BCUT2D eigenvalue weighted by molar-refractivity contribution is -0.115. The molecule has 0 radical (unpaired) electrons.